The Balaban J connectivity index is 2.42. The molecule has 0 aliphatic carbocycles. The van der Waals surface area contributed by atoms with Crippen molar-refractivity contribution in [2.24, 2.45) is 5.73 Å². The molecular formula is C22H26F2N2O4. The zero-order chi connectivity index (χ0) is 22.3. The fraction of sp³-hybridized carbons (Fsp3) is 0.455. The van der Waals surface area contributed by atoms with Gasteiger partial charge in [-0.15, -0.1) is 0 Å². The molecule has 0 saturated carbocycles. The van der Waals surface area contributed by atoms with Gasteiger partial charge in [0.1, 0.15) is 17.4 Å². The second-order valence-corrected chi connectivity index (χ2v) is 6.84. The minimum absolute atomic E-state index is 0.0327. The molecule has 30 heavy (non-hydrogen) atoms. The molecule has 2 rings (SSSR count). The molecule has 1 unspecified atom stereocenters. The average molecular weight is 420 g/mol. The van der Waals surface area contributed by atoms with Gasteiger partial charge in [-0.2, -0.15) is 5.26 Å². The van der Waals surface area contributed by atoms with Crippen molar-refractivity contribution < 1.29 is 27.8 Å². The molecule has 0 spiro atoms. The second-order valence-electron chi connectivity index (χ2n) is 6.84. The SMILES string of the molecule is CCCCCCOc1c(F)cc(C2C(C#N)=C(N)OC(C)=C2C(=O)OCC)cc1F. The second kappa shape index (κ2) is 10.6. The summed E-state index contributed by atoms with van der Waals surface area (Å²) in [5, 5.41) is 9.53. The largest absolute Gasteiger partial charge is 0.488 e. The van der Waals surface area contributed by atoms with Crippen LogP contribution in [0.25, 0.3) is 0 Å². The highest BCUT2D eigenvalue weighted by atomic mass is 19.1. The monoisotopic (exact) mass is 420 g/mol. The molecule has 8 heteroatoms. The number of nitriles is 1. The molecule has 1 aromatic carbocycles. The van der Waals surface area contributed by atoms with E-state index in [0.717, 1.165) is 31.4 Å². The maximum absolute atomic E-state index is 14.7. The van der Waals surface area contributed by atoms with Crippen LogP contribution in [-0.4, -0.2) is 19.2 Å². The lowest BCUT2D eigenvalue weighted by Crippen LogP contribution is -2.25. The van der Waals surface area contributed by atoms with Crippen LogP contribution in [0.15, 0.2) is 34.9 Å². The van der Waals surface area contributed by atoms with E-state index >= 15 is 0 Å². The van der Waals surface area contributed by atoms with Crippen LogP contribution in [0.3, 0.4) is 0 Å². The highest BCUT2D eigenvalue weighted by Gasteiger charge is 2.37. The minimum atomic E-state index is -1.12. The summed E-state index contributed by atoms with van der Waals surface area (Å²) in [4.78, 5) is 12.5. The van der Waals surface area contributed by atoms with Crippen molar-refractivity contribution >= 4 is 5.97 Å². The van der Waals surface area contributed by atoms with Gasteiger partial charge in [0.2, 0.25) is 5.88 Å². The Hall–Kier alpha value is -3.08. The smallest absolute Gasteiger partial charge is 0.338 e. The first-order chi connectivity index (χ1) is 14.3. The van der Waals surface area contributed by atoms with E-state index in [0.29, 0.717) is 6.42 Å². The number of benzene rings is 1. The molecule has 0 bridgehead atoms. The van der Waals surface area contributed by atoms with E-state index in [1.54, 1.807) is 6.92 Å². The van der Waals surface area contributed by atoms with E-state index in [4.69, 9.17) is 19.9 Å². The van der Waals surface area contributed by atoms with E-state index in [1.807, 2.05) is 6.07 Å². The summed E-state index contributed by atoms with van der Waals surface area (Å²) in [5.74, 6) is -4.34. The van der Waals surface area contributed by atoms with Crippen molar-refractivity contribution in [2.75, 3.05) is 13.2 Å². The Bertz CT molecular complexity index is 880. The van der Waals surface area contributed by atoms with Crippen LogP contribution < -0.4 is 10.5 Å². The number of allylic oxidation sites excluding steroid dienone is 2. The predicted molar refractivity (Wildman–Crippen MR) is 106 cm³/mol. The van der Waals surface area contributed by atoms with Crippen molar-refractivity contribution in [3.63, 3.8) is 0 Å². The highest BCUT2D eigenvalue weighted by molar-refractivity contribution is 5.92. The van der Waals surface area contributed by atoms with Crippen molar-refractivity contribution in [2.45, 2.75) is 52.4 Å². The standard InChI is InChI=1S/C22H26F2N2O4/c1-4-6-7-8-9-29-20-16(23)10-14(11-17(20)24)19-15(12-25)21(26)30-13(3)18(19)22(27)28-5-2/h10-11,19H,4-9,26H2,1-3H3. The number of ether oxygens (including phenoxy) is 3. The molecule has 0 fully saturated rings. The number of esters is 1. The van der Waals surface area contributed by atoms with E-state index < -0.39 is 29.3 Å². The quantitative estimate of drug-likeness (QED) is 0.465. The predicted octanol–water partition coefficient (Wildman–Crippen LogP) is 4.57. The van der Waals surface area contributed by atoms with Crippen LogP contribution in [0, 0.1) is 23.0 Å². The Morgan fingerprint density at radius 2 is 1.90 bits per heavy atom. The number of unbranched alkanes of at least 4 members (excludes halogenated alkanes) is 3. The van der Waals surface area contributed by atoms with Crippen molar-refractivity contribution in [1.29, 1.82) is 5.26 Å². The highest BCUT2D eigenvalue weighted by Crippen LogP contribution is 2.41. The number of carbonyl (C=O) groups excluding carboxylic acids is 1. The zero-order valence-electron chi connectivity index (χ0n) is 17.4. The third-order valence-electron chi connectivity index (χ3n) is 4.70. The first-order valence-corrected chi connectivity index (χ1v) is 9.92. The maximum atomic E-state index is 14.7. The van der Waals surface area contributed by atoms with Gasteiger partial charge in [0.05, 0.1) is 24.7 Å². The fourth-order valence-corrected chi connectivity index (χ4v) is 3.28. The molecule has 0 aromatic heterocycles. The normalized spacial score (nSPS) is 16.2. The summed E-state index contributed by atoms with van der Waals surface area (Å²) in [6, 6.07) is 3.95. The molecule has 162 valence electrons. The number of nitrogens with two attached hydrogens (primary N) is 1. The van der Waals surface area contributed by atoms with Crippen LogP contribution >= 0.6 is 0 Å². The number of rotatable bonds is 9. The lowest BCUT2D eigenvalue weighted by Gasteiger charge is -2.27. The van der Waals surface area contributed by atoms with E-state index in [1.165, 1.54) is 6.92 Å². The Morgan fingerprint density at radius 1 is 1.23 bits per heavy atom. The van der Waals surface area contributed by atoms with Gasteiger partial charge in [-0.05, 0) is 38.0 Å². The summed E-state index contributed by atoms with van der Waals surface area (Å²) in [7, 11) is 0. The topological polar surface area (TPSA) is 94.6 Å². The molecule has 2 N–H and O–H groups in total. The first-order valence-electron chi connectivity index (χ1n) is 9.92. The number of halogens is 2. The van der Waals surface area contributed by atoms with E-state index in [9.17, 15) is 18.8 Å². The third-order valence-corrected chi connectivity index (χ3v) is 4.70. The zero-order valence-corrected chi connectivity index (χ0v) is 17.4. The fourth-order valence-electron chi connectivity index (χ4n) is 3.28. The van der Waals surface area contributed by atoms with Gasteiger partial charge < -0.3 is 19.9 Å². The maximum Gasteiger partial charge on any atom is 0.338 e. The van der Waals surface area contributed by atoms with Gasteiger partial charge in [-0.1, -0.05) is 26.2 Å². The van der Waals surface area contributed by atoms with Crippen LogP contribution in [0.1, 0.15) is 57.9 Å². The summed E-state index contributed by atoms with van der Waals surface area (Å²) in [6.45, 7) is 5.42. The van der Waals surface area contributed by atoms with Crippen LogP contribution in [0.5, 0.6) is 5.75 Å². The number of hydrogen-bond acceptors (Lipinski definition) is 6. The van der Waals surface area contributed by atoms with Crippen molar-refractivity contribution in [3.8, 4) is 11.8 Å². The minimum Gasteiger partial charge on any atom is -0.488 e. The lowest BCUT2D eigenvalue weighted by molar-refractivity contribution is -0.139. The molecular weight excluding hydrogens is 394 g/mol. The molecule has 1 heterocycles. The van der Waals surface area contributed by atoms with Gasteiger partial charge in [0.15, 0.2) is 17.4 Å². The van der Waals surface area contributed by atoms with Gasteiger partial charge in [0.25, 0.3) is 0 Å². The van der Waals surface area contributed by atoms with Gasteiger partial charge >= 0.3 is 5.97 Å². The van der Waals surface area contributed by atoms with Crippen LogP contribution in [0.2, 0.25) is 0 Å². The first kappa shape index (κ1) is 23.2. The Kier molecular flexibility index (Phi) is 8.22. The number of hydrogen-bond donors (Lipinski definition) is 1. The molecule has 0 amide bonds. The van der Waals surface area contributed by atoms with Crippen molar-refractivity contribution in [3.05, 3.63) is 52.1 Å². The third kappa shape index (κ3) is 5.09. The Labute approximate surface area is 174 Å². The summed E-state index contributed by atoms with van der Waals surface area (Å²) < 4.78 is 45.0. The molecule has 6 nitrogen and oxygen atoms in total. The summed E-state index contributed by atoms with van der Waals surface area (Å²) in [6.07, 6.45) is 3.64. The van der Waals surface area contributed by atoms with Gasteiger partial charge in [-0.3, -0.25) is 0 Å². The molecule has 1 aromatic rings. The molecule has 0 radical (unpaired) electrons. The molecule has 1 aliphatic heterocycles. The van der Waals surface area contributed by atoms with Crippen LogP contribution in [-0.2, 0) is 14.3 Å². The van der Waals surface area contributed by atoms with Gasteiger partial charge in [-0.25, -0.2) is 13.6 Å². The van der Waals surface area contributed by atoms with Gasteiger partial charge in [0, 0.05) is 0 Å². The van der Waals surface area contributed by atoms with Crippen LogP contribution in [0.4, 0.5) is 8.78 Å². The molecule has 1 atom stereocenters. The number of nitrogens with zero attached hydrogens (tertiary/aromatic N) is 1. The molecule has 0 saturated heterocycles. The lowest BCUT2D eigenvalue weighted by atomic mass is 9.83. The average Bonchev–Trinajstić information content (AvgIpc) is 2.69. The van der Waals surface area contributed by atoms with E-state index in [-0.39, 0.29) is 41.6 Å². The number of carbonyl (C=O) groups is 1. The van der Waals surface area contributed by atoms with Crippen molar-refractivity contribution in [1.82, 2.24) is 0 Å². The Morgan fingerprint density at radius 3 is 2.47 bits per heavy atom. The summed E-state index contributed by atoms with van der Waals surface area (Å²) >= 11 is 0. The summed E-state index contributed by atoms with van der Waals surface area (Å²) in [5.41, 5.74) is 5.67. The molecule has 1 aliphatic rings. The van der Waals surface area contributed by atoms with E-state index in [2.05, 4.69) is 6.92 Å².